The van der Waals surface area contributed by atoms with E-state index in [-0.39, 0.29) is 54.7 Å². The quantitative estimate of drug-likeness (QED) is 0.0698. The molecular weight excluding hydrogens is 818 g/mol. The first kappa shape index (κ1) is 49.9. The van der Waals surface area contributed by atoms with Crippen LogP contribution in [0.1, 0.15) is 50.7 Å². The predicted octanol–water partition coefficient (Wildman–Crippen LogP) is 3.71. The Morgan fingerprint density at radius 3 is 2.22 bits per heavy atom. The molecule has 318 valence electrons. The number of amides is 4. The lowest BCUT2D eigenvalue weighted by Crippen LogP contribution is -2.39. The zero-order valence-electron chi connectivity index (χ0n) is 33.5. The van der Waals surface area contributed by atoms with Crippen LogP contribution in [-0.2, 0) is 50.6 Å². The normalized spacial score (nSPS) is 15.3. The minimum atomic E-state index is -4.35. The molecule has 58 heavy (non-hydrogen) atoms. The summed E-state index contributed by atoms with van der Waals surface area (Å²) in [5, 5.41) is 9.97. The van der Waals surface area contributed by atoms with Crippen molar-refractivity contribution in [2.24, 2.45) is 0 Å². The summed E-state index contributed by atoms with van der Waals surface area (Å²) in [6, 6.07) is 8.39. The number of fused-ring (bicyclic) bond motifs is 1. The average Bonchev–Trinajstić information content (AvgIpc) is 3.41. The Labute approximate surface area is 346 Å². The molecule has 2 heterocycles. The van der Waals surface area contributed by atoms with Crippen LogP contribution >= 0.6 is 19.2 Å². The third kappa shape index (κ3) is 14.5. The second kappa shape index (κ2) is 24.0. The fourth-order valence-electron chi connectivity index (χ4n) is 5.82. The summed E-state index contributed by atoms with van der Waals surface area (Å²) in [5.41, 5.74) is 4.12. The van der Waals surface area contributed by atoms with Gasteiger partial charge in [0.2, 0.25) is 5.91 Å². The Kier molecular flexibility index (Phi) is 20.6. The highest BCUT2D eigenvalue weighted by molar-refractivity contribution is 7.94. The van der Waals surface area contributed by atoms with Crippen LogP contribution in [0.25, 0.3) is 0 Å². The van der Waals surface area contributed by atoms with Gasteiger partial charge in [-0.1, -0.05) is 31.0 Å². The van der Waals surface area contributed by atoms with E-state index in [9.17, 15) is 37.8 Å². The van der Waals surface area contributed by atoms with Crippen LogP contribution in [0, 0.1) is 25.1 Å². The summed E-state index contributed by atoms with van der Waals surface area (Å²) in [6.07, 6.45) is 14.8. The van der Waals surface area contributed by atoms with Gasteiger partial charge in [0.25, 0.3) is 17.7 Å². The number of imide groups is 1. The second-order valence-corrected chi connectivity index (χ2v) is 17.5. The molecule has 0 spiro atoms. The van der Waals surface area contributed by atoms with E-state index in [2.05, 4.69) is 31.6 Å². The third-order valence-electron chi connectivity index (χ3n) is 8.25. The highest BCUT2D eigenvalue weighted by Gasteiger charge is 2.41. The number of terminal acetylenes is 1. The van der Waals surface area contributed by atoms with E-state index in [0.717, 1.165) is 47.0 Å². The molecule has 5 rings (SSSR count). The van der Waals surface area contributed by atoms with Crippen LogP contribution in [0.3, 0.4) is 0 Å². The standard InChI is InChI=1S/C19H15FN2O4.C14H20ClNO2.C3H8NO5P.C3H9S/c1-2-7-21-15-9-14(13(20)8-16(15)26-10-17(21)23)22-18(24)11-5-3-4-6-12(11)19(22)25;1-4-12-8-6-7-11(3)14(12)16(10-18-5-2)13(17)9-15;5-3(6)1-4-2-10(7,8)9;1-4(2)3/h1,8-9H,3-7,10H2;6-8H,4-5,9-10H2,1-3H3;4H,1-2H2,(H,5,6)(H2,7,8,9);1-3H3/q;;;+1/p-1. The maximum Gasteiger partial charge on any atom is 0.317 e. The molecule has 0 saturated heterocycles. The number of anilines is 3. The smallest absolute Gasteiger partial charge is 0.317 e. The molecule has 1 atom stereocenters. The van der Waals surface area contributed by atoms with Gasteiger partial charge in [-0.2, -0.15) is 0 Å². The molecule has 4 amide bonds. The highest BCUT2D eigenvalue weighted by atomic mass is 35.5. The number of nitrogens with zero attached hydrogens (tertiary/aromatic N) is 3. The maximum absolute atomic E-state index is 14.7. The molecule has 0 fully saturated rings. The van der Waals surface area contributed by atoms with E-state index in [1.165, 1.54) is 11.0 Å². The number of halogens is 2. The Balaban J connectivity index is 0.000000315. The number of carboxylic acids is 1. The van der Waals surface area contributed by atoms with Gasteiger partial charge in [-0.25, -0.2) is 9.29 Å². The number of rotatable bonds is 12. The van der Waals surface area contributed by atoms with E-state index >= 15 is 0 Å². The molecule has 0 bridgehead atoms. The predicted molar refractivity (Wildman–Crippen MR) is 222 cm³/mol. The number of alkyl halides is 1. The van der Waals surface area contributed by atoms with E-state index in [1.54, 1.807) is 4.90 Å². The van der Waals surface area contributed by atoms with Crippen molar-refractivity contribution in [1.29, 1.82) is 0 Å². The van der Waals surface area contributed by atoms with Crippen molar-refractivity contribution in [3.05, 3.63) is 58.4 Å². The first-order valence-electron chi connectivity index (χ1n) is 18.1. The lowest BCUT2D eigenvalue weighted by Gasteiger charge is -2.29. The van der Waals surface area contributed by atoms with Gasteiger partial charge in [0.1, 0.15) is 26.0 Å². The first-order valence-corrected chi connectivity index (χ1v) is 22.9. The minimum Gasteiger partial charge on any atom is -0.778 e. The lowest BCUT2D eigenvalue weighted by molar-refractivity contribution is -0.193. The van der Waals surface area contributed by atoms with Crippen LogP contribution in [0.15, 0.2) is 41.5 Å². The molecule has 0 radical (unpaired) electrons. The molecule has 1 aliphatic carbocycles. The topological polar surface area (TPSA) is 206 Å². The monoisotopic (exact) mass is 868 g/mol. The lowest BCUT2D eigenvalue weighted by atomic mass is 9.93. The second-order valence-electron chi connectivity index (χ2n) is 13.2. The van der Waals surface area contributed by atoms with Gasteiger partial charge in [0.05, 0.1) is 55.2 Å². The van der Waals surface area contributed by atoms with E-state index < -0.39 is 44.0 Å². The molecular formula is C39H51ClFN4O11PS. The average molecular weight is 869 g/mol. The van der Waals surface area contributed by atoms with Crippen molar-refractivity contribution in [2.75, 3.05) is 78.7 Å². The Morgan fingerprint density at radius 2 is 1.72 bits per heavy atom. The molecule has 0 aromatic heterocycles. The first-order chi connectivity index (χ1) is 27.3. The molecule has 19 heteroatoms. The van der Waals surface area contributed by atoms with Gasteiger partial charge < -0.3 is 28.9 Å². The van der Waals surface area contributed by atoms with Crippen molar-refractivity contribution >= 4 is 76.8 Å². The molecule has 0 saturated carbocycles. The maximum atomic E-state index is 14.7. The fourth-order valence-corrected chi connectivity index (χ4v) is 6.36. The molecule has 2 aliphatic heterocycles. The van der Waals surface area contributed by atoms with Gasteiger partial charge in [0.15, 0.2) is 12.4 Å². The van der Waals surface area contributed by atoms with Crippen molar-refractivity contribution < 1.29 is 57.3 Å². The Bertz CT molecular complexity index is 1900. The summed E-state index contributed by atoms with van der Waals surface area (Å²) in [7, 11) is -3.71. The molecule has 15 nitrogen and oxygen atoms in total. The molecule has 2 aromatic rings. The molecule has 3 aliphatic rings. The van der Waals surface area contributed by atoms with E-state index in [0.29, 0.717) is 41.5 Å². The van der Waals surface area contributed by atoms with Crippen LogP contribution in [-0.4, -0.2) is 104 Å². The number of carbonyl (C=O) groups excluding carboxylic acids is 4. The Hall–Kier alpha value is -4.27. The summed E-state index contributed by atoms with van der Waals surface area (Å²) < 4.78 is 35.3. The van der Waals surface area contributed by atoms with Gasteiger partial charge >= 0.3 is 5.97 Å². The molecule has 2 aromatic carbocycles. The number of ether oxygens (including phenoxy) is 2. The van der Waals surface area contributed by atoms with Crippen LogP contribution in [0.5, 0.6) is 5.75 Å². The zero-order chi connectivity index (χ0) is 43.7. The number of hydrogen-bond acceptors (Lipinski definition) is 10. The van der Waals surface area contributed by atoms with E-state index in [1.807, 2.05) is 37.4 Å². The Morgan fingerprint density at radius 1 is 1.12 bits per heavy atom. The van der Waals surface area contributed by atoms with Gasteiger partial charge in [-0.05, 0) is 74.0 Å². The van der Waals surface area contributed by atoms with Gasteiger partial charge in [-0.15, -0.1) is 18.0 Å². The van der Waals surface area contributed by atoms with Crippen molar-refractivity contribution in [1.82, 2.24) is 5.32 Å². The van der Waals surface area contributed by atoms with Crippen LogP contribution in [0.4, 0.5) is 21.5 Å². The largest absolute Gasteiger partial charge is 0.778 e. The molecule has 1 unspecified atom stereocenters. The van der Waals surface area contributed by atoms with Crippen LogP contribution in [0.2, 0.25) is 0 Å². The number of benzene rings is 2. The minimum absolute atomic E-state index is 0.0170. The van der Waals surface area contributed by atoms with Gasteiger partial charge in [-0.3, -0.25) is 39.1 Å². The van der Waals surface area contributed by atoms with Crippen molar-refractivity contribution in [2.45, 2.75) is 52.9 Å². The van der Waals surface area contributed by atoms with Crippen molar-refractivity contribution in [3.63, 3.8) is 0 Å². The number of carboxylic acid groups (broad SMARTS) is 1. The number of aryl methyl sites for hydroxylation is 2. The number of nitrogens with one attached hydrogen (secondary N) is 1. The molecule has 3 N–H and O–H groups in total. The summed E-state index contributed by atoms with van der Waals surface area (Å²) in [4.78, 5) is 80.9. The summed E-state index contributed by atoms with van der Waals surface area (Å²) in [5.74, 6) is -0.935. The fraction of sp³-hybridized carbons (Fsp3) is 0.462. The summed E-state index contributed by atoms with van der Waals surface area (Å²) >= 11 is 5.68. The number of aliphatic carboxylic acids is 1. The van der Waals surface area contributed by atoms with Gasteiger partial charge in [0, 0.05) is 23.8 Å². The zero-order valence-corrected chi connectivity index (χ0v) is 35.9. The number of hydrogen-bond donors (Lipinski definition) is 3. The number of para-hydroxylation sites is 1. The summed E-state index contributed by atoms with van der Waals surface area (Å²) in [6.45, 7) is 6.05. The van der Waals surface area contributed by atoms with Crippen LogP contribution < -0.4 is 29.6 Å². The van der Waals surface area contributed by atoms with E-state index in [4.69, 9.17) is 37.5 Å². The third-order valence-corrected chi connectivity index (χ3v) is 9.10. The highest BCUT2D eigenvalue weighted by Crippen LogP contribution is 2.41. The number of carbonyl (C=O) groups is 5. The van der Waals surface area contributed by atoms with Crippen molar-refractivity contribution in [3.8, 4) is 18.1 Å². The SMILES string of the molecule is C#CCN1C(=O)COc2cc(F)c(N3C(=O)C4=C(CCCC4)C3=O)cc21.CCOCN(C(=O)CCl)c1c(C)cccc1CC.C[S+](C)C.O=C(O)CNCP(=O)([O-])O.